The Morgan fingerprint density at radius 1 is 1.12 bits per heavy atom. The summed E-state index contributed by atoms with van der Waals surface area (Å²) in [5.41, 5.74) is -0.631. The number of amides is 1. The predicted molar refractivity (Wildman–Crippen MR) is 132 cm³/mol. The lowest BCUT2D eigenvalue weighted by Crippen LogP contribution is -2.43. The molecule has 40 heavy (non-hydrogen) atoms. The van der Waals surface area contributed by atoms with Crippen LogP contribution >= 0.6 is 22.9 Å². The average Bonchev–Trinajstić information content (AvgIpc) is 3.25. The van der Waals surface area contributed by atoms with E-state index in [-0.39, 0.29) is 69.8 Å². The van der Waals surface area contributed by atoms with E-state index in [2.05, 4.69) is 15.3 Å². The van der Waals surface area contributed by atoms with Gasteiger partial charge in [0.1, 0.15) is 10.5 Å². The van der Waals surface area contributed by atoms with Gasteiger partial charge in [-0.05, 0) is 42.2 Å². The largest absolute Gasteiger partial charge is 0.483 e. The van der Waals surface area contributed by atoms with E-state index in [0.29, 0.717) is 22.2 Å². The van der Waals surface area contributed by atoms with Crippen molar-refractivity contribution < 1.29 is 44.3 Å². The Bertz CT molecular complexity index is 1610. The highest BCUT2D eigenvalue weighted by molar-refractivity contribution is 7.91. The summed E-state index contributed by atoms with van der Waals surface area (Å²) in [7, 11) is -3.76. The molecule has 1 amide bonds. The Labute approximate surface area is 231 Å². The van der Waals surface area contributed by atoms with Gasteiger partial charge in [0.2, 0.25) is 5.95 Å². The van der Waals surface area contributed by atoms with Crippen molar-refractivity contribution in [3.8, 4) is 15.6 Å². The molecule has 0 saturated heterocycles. The predicted octanol–water partition coefficient (Wildman–Crippen LogP) is 5.62. The van der Waals surface area contributed by atoms with Gasteiger partial charge in [-0.15, -0.1) is 0 Å². The molecule has 2 aliphatic rings. The number of nitrogens with one attached hydrogen (secondary N) is 1. The maximum Gasteiger partial charge on any atom is 0.471 e. The third-order valence-electron chi connectivity index (χ3n) is 6.20. The fraction of sp³-hybridized carbons (Fsp3) is 0.348. The minimum atomic E-state index is -5.02. The molecule has 1 N–H and O–H groups in total. The van der Waals surface area contributed by atoms with Crippen LogP contribution in [0.4, 0.5) is 38.0 Å². The summed E-state index contributed by atoms with van der Waals surface area (Å²) in [4.78, 5) is 19.7. The van der Waals surface area contributed by atoms with Gasteiger partial charge in [-0.2, -0.15) is 26.3 Å². The van der Waals surface area contributed by atoms with Gasteiger partial charge in [0.15, 0.2) is 14.9 Å². The first-order valence-electron chi connectivity index (χ1n) is 11.5. The second kappa shape index (κ2) is 10.1. The van der Waals surface area contributed by atoms with Crippen molar-refractivity contribution in [2.24, 2.45) is 0 Å². The number of carbonyl (C=O) groups excluding carboxylic acids is 1. The number of fused-ring (bicyclic) bond motifs is 2. The number of anilines is 2. The van der Waals surface area contributed by atoms with Gasteiger partial charge >= 0.3 is 18.3 Å². The van der Waals surface area contributed by atoms with Crippen molar-refractivity contribution in [3.05, 3.63) is 46.1 Å². The molecule has 2 aliphatic heterocycles. The number of ether oxygens (including phenoxy) is 1. The molecule has 2 aromatic heterocycles. The highest BCUT2D eigenvalue weighted by atomic mass is 35.5. The van der Waals surface area contributed by atoms with Crippen LogP contribution in [0.15, 0.2) is 29.3 Å². The molecule has 0 radical (unpaired) electrons. The second-order valence-corrected chi connectivity index (χ2v) is 12.4. The molecule has 0 atom stereocenters. The fourth-order valence-electron chi connectivity index (χ4n) is 4.30. The Balaban J connectivity index is 1.48. The van der Waals surface area contributed by atoms with Crippen molar-refractivity contribution in [2.45, 2.75) is 36.6 Å². The molecule has 0 bridgehead atoms. The summed E-state index contributed by atoms with van der Waals surface area (Å²) in [5, 5.41) is 2.71. The molecule has 5 rings (SSSR count). The molecule has 0 spiro atoms. The van der Waals surface area contributed by atoms with Gasteiger partial charge in [-0.3, -0.25) is 4.79 Å². The summed E-state index contributed by atoms with van der Waals surface area (Å²) >= 11 is 7.02. The minimum absolute atomic E-state index is 0.00689. The smallest absolute Gasteiger partial charge is 0.471 e. The van der Waals surface area contributed by atoms with Gasteiger partial charge in [0.25, 0.3) is 0 Å². The van der Waals surface area contributed by atoms with Crippen molar-refractivity contribution in [2.75, 3.05) is 24.2 Å². The summed E-state index contributed by atoms with van der Waals surface area (Å²) < 4.78 is 111. The van der Waals surface area contributed by atoms with Crippen molar-refractivity contribution in [3.63, 3.8) is 0 Å². The van der Waals surface area contributed by atoms with Crippen LogP contribution in [0.1, 0.15) is 23.1 Å². The number of hydrogen-bond acceptors (Lipinski definition) is 8. The van der Waals surface area contributed by atoms with Crippen LogP contribution in [0.2, 0.25) is 5.02 Å². The zero-order valence-corrected chi connectivity index (χ0v) is 22.4. The molecular weight excluding hydrogens is 610 g/mol. The van der Waals surface area contributed by atoms with Crippen molar-refractivity contribution in [1.82, 2.24) is 14.9 Å². The zero-order chi connectivity index (χ0) is 29.0. The highest BCUT2D eigenvalue weighted by Crippen LogP contribution is 2.45. The number of benzene rings is 1. The first-order chi connectivity index (χ1) is 18.6. The maximum absolute atomic E-state index is 13.8. The number of hydrogen-bond donors (Lipinski definition) is 1. The number of carbonyl (C=O) groups is 1. The Morgan fingerprint density at radius 3 is 2.58 bits per heavy atom. The zero-order valence-electron chi connectivity index (χ0n) is 20.0. The maximum atomic E-state index is 13.8. The van der Waals surface area contributed by atoms with E-state index >= 15 is 0 Å². The number of sulfone groups is 1. The standard InChI is InChI=1S/C23H17ClF6N4O4S2/c24-14-6-12-10-34(20(35)23(28,29)30)3-2-11(12)7-15(14)32-21-31-9-13(22(25,26)27)18(33-21)16-8-17-19(39-16)38-4-1-5-40(17,36)37/h6-9H,1-5,10H2,(H,31,32,33). The van der Waals surface area contributed by atoms with E-state index in [1.54, 1.807) is 0 Å². The topological polar surface area (TPSA) is 101 Å². The third-order valence-corrected chi connectivity index (χ3v) is 9.49. The lowest BCUT2D eigenvalue weighted by atomic mass is 9.99. The number of thiophene rings is 1. The highest BCUT2D eigenvalue weighted by Gasteiger charge is 2.43. The number of nitrogens with zero attached hydrogens (tertiary/aromatic N) is 3. The van der Waals surface area contributed by atoms with Crippen LogP contribution < -0.4 is 10.1 Å². The molecule has 1 aromatic carbocycles. The van der Waals surface area contributed by atoms with Crippen LogP contribution in [0.25, 0.3) is 10.6 Å². The molecule has 0 fully saturated rings. The Hall–Kier alpha value is -3.11. The monoisotopic (exact) mass is 626 g/mol. The Kier molecular flexibility index (Phi) is 7.15. The molecule has 4 heterocycles. The lowest BCUT2D eigenvalue weighted by Gasteiger charge is -2.30. The summed E-state index contributed by atoms with van der Waals surface area (Å²) in [5.74, 6) is -2.47. The number of halogens is 7. The molecule has 0 saturated carbocycles. The Morgan fingerprint density at radius 2 is 1.88 bits per heavy atom. The minimum Gasteiger partial charge on any atom is -0.483 e. The molecular formula is C23H17ClF6N4O4S2. The van der Waals surface area contributed by atoms with Crippen LogP contribution in [0.3, 0.4) is 0 Å². The van der Waals surface area contributed by atoms with E-state index < -0.39 is 39.4 Å². The van der Waals surface area contributed by atoms with Crippen LogP contribution in [0.5, 0.6) is 5.06 Å². The van der Waals surface area contributed by atoms with Gasteiger partial charge in [0, 0.05) is 19.3 Å². The number of aromatic nitrogens is 2. The van der Waals surface area contributed by atoms with E-state index in [1.807, 2.05) is 0 Å². The van der Waals surface area contributed by atoms with E-state index in [1.165, 1.54) is 12.1 Å². The summed E-state index contributed by atoms with van der Waals surface area (Å²) in [6.45, 7) is -0.419. The van der Waals surface area contributed by atoms with E-state index in [0.717, 1.165) is 17.4 Å². The van der Waals surface area contributed by atoms with Crippen LogP contribution in [-0.4, -0.2) is 54.3 Å². The van der Waals surface area contributed by atoms with E-state index in [4.69, 9.17) is 16.3 Å². The second-order valence-electron chi connectivity index (χ2n) is 8.94. The quantitative estimate of drug-likeness (QED) is 0.377. The van der Waals surface area contributed by atoms with Crippen molar-refractivity contribution >= 4 is 50.3 Å². The molecule has 0 aliphatic carbocycles. The van der Waals surface area contributed by atoms with Crippen LogP contribution in [0, 0.1) is 0 Å². The molecule has 214 valence electrons. The molecule has 0 unspecified atom stereocenters. The molecule has 17 heteroatoms. The lowest BCUT2D eigenvalue weighted by molar-refractivity contribution is -0.186. The van der Waals surface area contributed by atoms with Crippen molar-refractivity contribution in [1.29, 1.82) is 0 Å². The first kappa shape index (κ1) is 28.4. The molecule has 8 nitrogen and oxygen atoms in total. The van der Waals surface area contributed by atoms with Gasteiger partial charge in [-0.25, -0.2) is 18.4 Å². The number of alkyl halides is 6. The van der Waals surface area contributed by atoms with Gasteiger partial charge in [0.05, 0.1) is 33.6 Å². The summed E-state index contributed by atoms with van der Waals surface area (Å²) in [6.07, 6.45) is -9.00. The van der Waals surface area contributed by atoms with Gasteiger partial charge in [-0.1, -0.05) is 22.9 Å². The average molecular weight is 627 g/mol. The van der Waals surface area contributed by atoms with Gasteiger partial charge < -0.3 is 15.0 Å². The van der Waals surface area contributed by atoms with E-state index in [9.17, 15) is 39.6 Å². The normalized spacial score (nSPS) is 16.9. The summed E-state index contributed by atoms with van der Waals surface area (Å²) in [6, 6.07) is 3.96. The SMILES string of the molecule is O=C(N1CCc2cc(Nc3ncc(C(F)(F)F)c(-c4cc5c(s4)OCCCS5(=O)=O)n3)c(Cl)cc2C1)C(F)(F)F. The molecule has 3 aromatic rings. The fourth-order valence-corrected chi connectivity index (χ4v) is 7.37. The first-order valence-corrected chi connectivity index (χ1v) is 14.4. The third kappa shape index (κ3) is 5.56. The number of rotatable bonds is 3. The van der Waals surface area contributed by atoms with Crippen LogP contribution in [-0.2, 0) is 33.8 Å².